The lowest BCUT2D eigenvalue weighted by molar-refractivity contribution is -0.136. The molecule has 1 saturated heterocycles. The second kappa shape index (κ2) is 8.42. The highest BCUT2D eigenvalue weighted by molar-refractivity contribution is 6.49. The summed E-state index contributed by atoms with van der Waals surface area (Å²) in [5.41, 5.74) is 1.63. The Bertz CT molecular complexity index is 1010. The molecule has 0 spiro atoms. The van der Waals surface area contributed by atoms with Crippen molar-refractivity contribution in [1.29, 1.82) is 0 Å². The van der Waals surface area contributed by atoms with Gasteiger partial charge in [-0.2, -0.15) is 0 Å². The molecule has 148 valence electrons. The summed E-state index contributed by atoms with van der Waals surface area (Å²) >= 11 is 0. The van der Waals surface area contributed by atoms with Crippen LogP contribution in [0.25, 0.3) is 11.0 Å². The van der Waals surface area contributed by atoms with Gasteiger partial charge < -0.3 is 24.4 Å². The number of carbonyl (C=O) groups is 2. The molecule has 2 atom stereocenters. The van der Waals surface area contributed by atoms with Gasteiger partial charge >= 0.3 is 18.9 Å². The van der Waals surface area contributed by atoms with Crippen LogP contribution in [0.15, 0.2) is 53.5 Å². The highest BCUT2D eigenvalue weighted by Crippen LogP contribution is 2.23. The van der Waals surface area contributed by atoms with Crippen molar-refractivity contribution in [3.63, 3.8) is 0 Å². The molecular weight excluding hydrogens is 375 g/mol. The number of hydrogen-bond donors (Lipinski definition) is 2. The zero-order valence-corrected chi connectivity index (χ0v) is 15.7. The Morgan fingerprint density at radius 3 is 2.90 bits per heavy atom. The first-order valence-electron chi connectivity index (χ1n) is 9.20. The molecule has 0 bridgehead atoms. The highest BCUT2D eigenvalue weighted by Gasteiger charge is 2.39. The minimum atomic E-state index is -0.849. The first-order chi connectivity index (χ1) is 14.1. The van der Waals surface area contributed by atoms with Gasteiger partial charge in [0, 0.05) is 17.8 Å². The molecule has 2 amide bonds. The average molecular weight is 394 g/mol. The van der Waals surface area contributed by atoms with Crippen molar-refractivity contribution in [1.82, 2.24) is 15.3 Å². The number of aromatic nitrogens is 2. The van der Waals surface area contributed by atoms with Gasteiger partial charge in [-0.15, -0.1) is 0 Å². The molecule has 1 fully saturated rings. The van der Waals surface area contributed by atoms with Crippen LogP contribution in [0.2, 0.25) is 0 Å². The first kappa shape index (κ1) is 19.1. The fraction of sp³-hybridized carbons (Fsp3) is 0.263. The molecule has 0 aliphatic carbocycles. The Kier molecular flexibility index (Phi) is 5.54. The van der Waals surface area contributed by atoms with Crippen molar-refractivity contribution in [2.45, 2.75) is 25.4 Å². The molecule has 2 aromatic heterocycles. The van der Waals surface area contributed by atoms with Crippen LogP contribution >= 0.6 is 0 Å². The molecule has 29 heavy (non-hydrogen) atoms. The monoisotopic (exact) mass is 394 g/mol. The van der Waals surface area contributed by atoms with Crippen LogP contribution in [0.5, 0.6) is 0 Å². The SMILES string of the molecule is CC1COB(C(Cc2coc3ccccc23)NC(=O)C(=O)Nc2cnccn2)O1. The summed E-state index contributed by atoms with van der Waals surface area (Å²) in [7, 11) is -0.674. The molecular formula is C19H19BN4O5. The third-order valence-electron chi connectivity index (χ3n) is 4.52. The third-order valence-corrected chi connectivity index (χ3v) is 4.52. The fourth-order valence-corrected chi connectivity index (χ4v) is 3.16. The fourth-order valence-electron chi connectivity index (χ4n) is 3.16. The second-order valence-electron chi connectivity index (χ2n) is 6.73. The zero-order chi connectivity index (χ0) is 20.2. The van der Waals surface area contributed by atoms with Crippen molar-refractivity contribution in [2.75, 3.05) is 11.9 Å². The van der Waals surface area contributed by atoms with Crippen molar-refractivity contribution in [3.8, 4) is 0 Å². The van der Waals surface area contributed by atoms with Crippen molar-refractivity contribution in [2.24, 2.45) is 0 Å². The van der Waals surface area contributed by atoms with E-state index in [0.29, 0.717) is 13.0 Å². The van der Waals surface area contributed by atoms with E-state index in [2.05, 4.69) is 20.6 Å². The van der Waals surface area contributed by atoms with Crippen molar-refractivity contribution in [3.05, 3.63) is 54.7 Å². The van der Waals surface area contributed by atoms with Crippen LogP contribution in [0.1, 0.15) is 12.5 Å². The third kappa shape index (κ3) is 4.44. The molecule has 1 aromatic carbocycles. The van der Waals surface area contributed by atoms with Crippen LogP contribution < -0.4 is 10.6 Å². The van der Waals surface area contributed by atoms with Gasteiger partial charge in [0.05, 0.1) is 31.1 Å². The number of hydrogen-bond acceptors (Lipinski definition) is 7. The molecule has 9 nitrogen and oxygen atoms in total. The Morgan fingerprint density at radius 1 is 1.28 bits per heavy atom. The van der Waals surface area contributed by atoms with Gasteiger partial charge in [-0.05, 0) is 25.0 Å². The van der Waals surface area contributed by atoms with Crippen LogP contribution in [-0.2, 0) is 25.3 Å². The van der Waals surface area contributed by atoms with E-state index < -0.39 is 24.9 Å². The Hall–Kier alpha value is -3.24. The van der Waals surface area contributed by atoms with Crippen LogP contribution in [0.3, 0.4) is 0 Å². The van der Waals surface area contributed by atoms with Gasteiger partial charge in [0.1, 0.15) is 5.58 Å². The van der Waals surface area contributed by atoms with Crippen LogP contribution in [-0.4, -0.2) is 47.6 Å². The summed E-state index contributed by atoms with van der Waals surface area (Å²) in [5.74, 6) is -2.06. The van der Waals surface area contributed by atoms with E-state index in [1.807, 2.05) is 31.2 Å². The number of carbonyl (C=O) groups excluding carboxylic acids is 2. The van der Waals surface area contributed by atoms with Gasteiger partial charge in [0.25, 0.3) is 0 Å². The second-order valence-corrected chi connectivity index (χ2v) is 6.73. The number of para-hydroxylation sites is 1. The molecule has 0 radical (unpaired) electrons. The van der Waals surface area contributed by atoms with Crippen LogP contribution in [0, 0.1) is 0 Å². The zero-order valence-electron chi connectivity index (χ0n) is 15.7. The topological polar surface area (TPSA) is 116 Å². The number of fused-ring (bicyclic) bond motifs is 1. The molecule has 3 heterocycles. The summed E-state index contributed by atoms with van der Waals surface area (Å²) in [4.78, 5) is 32.5. The minimum Gasteiger partial charge on any atom is -0.464 e. The summed E-state index contributed by atoms with van der Waals surface area (Å²) in [6, 6.07) is 7.60. The number of anilines is 1. The van der Waals surface area contributed by atoms with Gasteiger partial charge in [0.2, 0.25) is 0 Å². The molecule has 10 heteroatoms. The predicted octanol–water partition coefficient (Wildman–Crippen LogP) is 1.35. The first-order valence-corrected chi connectivity index (χ1v) is 9.20. The molecule has 0 saturated carbocycles. The maximum atomic E-state index is 12.5. The Morgan fingerprint density at radius 2 is 2.14 bits per heavy atom. The minimum absolute atomic E-state index is 0.103. The van der Waals surface area contributed by atoms with E-state index in [4.69, 9.17) is 13.7 Å². The van der Waals surface area contributed by atoms with E-state index >= 15 is 0 Å². The molecule has 2 N–H and O–H groups in total. The number of amides is 2. The van der Waals surface area contributed by atoms with Gasteiger partial charge in [-0.3, -0.25) is 14.6 Å². The normalized spacial score (nSPS) is 17.3. The van der Waals surface area contributed by atoms with Gasteiger partial charge in [-0.1, -0.05) is 18.2 Å². The number of nitrogens with zero attached hydrogens (tertiary/aromatic N) is 2. The maximum absolute atomic E-state index is 12.5. The highest BCUT2D eigenvalue weighted by atomic mass is 16.6. The van der Waals surface area contributed by atoms with E-state index in [1.165, 1.54) is 18.6 Å². The number of rotatable bonds is 5. The van der Waals surface area contributed by atoms with E-state index in [0.717, 1.165) is 16.5 Å². The van der Waals surface area contributed by atoms with Crippen molar-refractivity contribution >= 4 is 35.7 Å². The largest absolute Gasteiger partial charge is 0.481 e. The molecule has 2 unspecified atom stereocenters. The summed E-state index contributed by atoms with van der Waals surface area (Å²) in [5, 5.41) is 6.05. The molecule has 3 aromatic rings. The average Bonchev–Trinajstić information content (AvgIpc) is 3.34. The summed E-state index contributed by atoms with van der Waals surface area (Å²) < 4.78 is 17.0. The van der Waals surface area contributed by atoms with Gasteiger partial charge in [-0.25, -0.2) is 4.98 Å². The Labute approximate surface area is 166 Å². The summed E-state index contributed by atoms with van der Waals surface area (Å²) in [6.07, 6.45) is 6.15. The molecule has 1 aliphatic heterocycles. The number of benzene rings is 1. The molecule has 1 aliphatic rings. The van der Waals surface area contributed by atoms with Crippen molar-refractivity contribution < 1.29 is 23.3 Å². The Balaban J connectivity index is 1.49. The summed E-state index contributed by atoms with van der Waals surface area (Å²) in [6.45, 7) is 2.29. The number of furan rings is 1. The smallest absolute Gasteiger partial charge is 0.464 e. The standard InChI is InChI=1S/C19H19BN4O5/c1-12-10-28-20(29-12)16(8-13-11-27-15-5-3-2-4-14(13)15)23-18(25)19(26)24-17-9-21-6-7-22-17/h2-7,9,11-12,16H,8,10H2,1H3,(H,23,25)(H,22,24,26). The lowest BCUT2D eigenvalue weighted by Crippen LogP contribution is -2.51. The van der Waals surface area contributed by atoms with E-state index in [9.17, 15) is 9.59 Å². The quantitative estimate of drug-likeness (QED) is 0.496. The maximum Gasteiger partial charge on any atom is 0.481 e. The number of nitrogens with one attached hydrogen (secondary N) is 2. The van der Waals surface area contributed by atoms with E-state index in [1.54, 1.807) is 6.26 Å². The molecule has 4 rings (SSSR count). The lowest BCUT2D eigenvalue weighted by atomic mass is 9.75. The lowest BCUT2D eigenvalue weighted by Gasteiger charge is -2.20. The van der Waals surface area contributed by atoms with Crippen LogP contribution in [0.4, 0.5) is 5.82 Å². The predicted molar refractivity (Wildman–Crippen MR) is 105 cm³/mol. The van der Waals surface area contributed by atoms with E-state index in [-0.39, 0.29) is 11.9 Å². The van der Waals surface area contributed by atoms with Gasteiger partial charge in [0.15, 0.2) is 5.82 Å².